The average molecular weight is 289 g/mol. The molecule has 1 atom stereocenters. The fourth-order valence-electron chi connectivity index (χ4n) is 1.51. The molecule has 1 rings (SSSR count). The van der Waals surface area contributed by atoms with Gasteiger partial charge in [0.25, 0.3) is 0 Å². The number of amides is 1. The first kappa shape index (κ1) is 17.2. The van der Waals surface area contributed by atoms with Crippen molar-refractivity contribution >= 4 is 29.7 Å². The first-order chi connectivity index (χ1) is 8.13. The molecule has 2 N–H and O–H groups in total. The zero-order valence-electron chi connectivity index (χ0n) is 10.7. The Morgan fingerprint density at radius 3 is 2.89 bits per heavy atom. The molecule has 0 saturated heterocycles. The molecule has 1 amide bonds. The van der Waals surface area contributed by atoms with Gasteiger partial charge < -0.3 is 10.6 Å². The van der Waals surface area contributed by atoms with Crippen LogP contribution in [0.1, 0.15) is 24.6 Å². The van der Waals surface area contributed by atoms with Gasteiger partial charge in [-0.1, -0.05) is 12.1 Å². The fraction of sp³-hybridized carbons (Fsp3) is 0.462. The number of carbonyl (C=O) groups excluding carboxylic acids is 1. The maximum Gasteiger partial charge on any atom is 0.223 e. The van der Waals surface area contributed by atoms with E-state index in [-0.39, 0.29) is 24.4 Å². The number of rotatable bonds is 7. The van der Waals surface area contributed by atoms with Gasteiger partial charge >= 0.3 is 0 Å². The second-order valence-corrected chi connectivity index (χ2v) is 5.19. The van der Waals surface area contributed by atoms with Gasteiger partial charge in [-0.25, -0.2) is 0 Å². The van der Waals surface area contributed by atoms with E-state index in [1.807, 2.05) is 29.3 Å². The highest BCUT2D eigenvalue weighted by Gasteiger charge is 2.13. The van der Waals surface area contributed by atoms with E-state index in [2.05, 4.69) is 6.58 Å². The molecule has 0 radical (unpaired) electrons. The number of carbonyl (C=O) groups is 1. The Morgan fingerprint density at radius 1 is 1.67 bits per heavy atom. The van der Waals surface area contributed by atoms with Gasteiger partial charge in [-0.05, 0) is 24.8 Å². The summed E-state index contributed by atoms with van der Waals surface area (Å²) in [5, 5.41) is 2.02. The summed E-state index contributed by atoms with van der Waals surface area (Å²) in [4.78, 5) is 15.0. The van der Waals surface area contributed by atoms with Crippen molar-refractivity contribution in [2.75, 3.05) is 6.54 Å². The Bertz CT molecular complexity index is 352. The lowest BCUT2D eigenvalue weighted by Gasteiger charge is -2.20. The molecule has 5 heteroatoms. The summed E-state index contributed by atoms with van der Waals surface area (Å²) in [6, 6.07) is 4.12. The predicted molar refractivity (Wildman–Crippen MR) is 80.1 cm³/mol. The van der Waals surface area contributed by atoms with Crippen LogP contribution < -0.4 is 5.73 Å². The summed E-state index contributed by atoms with van der Waals surface area (Å²) in [5.41, 5.74) is 5.66. The molecule has 0 saturated carbocycles. The van der Waals surface area contributed by atoms with Crippen molar-refractivity contribution in [1.82, 2.24) is 4.90 Å². The van der Waals surface area contributed by atoms with E-state index in [9.17, 15) is 4.79 Å². The molecular weight excluding hydrogens is 268 g/mol. The molecule has 1 heterocycles. The molecule has 0 aliphatic rings. The Morgan fingerprint density at radius 2 is 2.39 bits per heavy atom. The molecule has 18 heavy (non-hydrogen) atoms. The number of thiophene rings is 1. The third-order valence-electron chi connectivity index (χ3n) is 2.44. The van der Waals surface area contributed by atoms with E-state index in [1.165, 1.54) is 4.88 Å². The lowest BCUT2D eigenvalue weighted by molar-refractivity contribution is -0.131. The Balaban J connectivity index is 0.00000289. The SMILES string of the molecule is C=CCN(Cc1cccs1)C(=O)CCC(C)N.Cl. The third-order valence-corrected chi connectivity index (χ3v) is 3.30. The molecule has 0 aromatic carbocycles. The minimum absolute atomic E-state index is 0. The Labute approximate surface area is 119 Å². The smallest absolute Gasteiger partial charge is 0.223 e. The van der Waals surface area contributed by atoms with Gasteiger partial charge in [-0.15, -0.1) is 30.3 Å². The van der Waals surface area contributed by atoms with Crippen molar-refractivity contribution in [1.29, 1.82) is 0 Å². The number of halogens is 1. The molecule has 1 aromatic heterocycles. The first-order valence-corrected chi connectivity index (χ1v) is 6.68. The second kappa shape index (κ2) is 9.14. The van der Waals surface area contributed by atoms with Crippen LogP contribution in [0.4, 0.5) is 0 Å². The van der Waals surface area contributed by atoms with Crippen molar-refractivity contribution < 1.29 is 4.79 Å². The van der Waals surface area contributed by atoms with Crippen LogP contribution in [0, 0.1) is 0 Å². The van der Waals surface area contributed by atoms with Gasteiger partial charge in [-0.3, -0.25) is 4.79 Å². The van der Waals surface area contributed by atoms with Crippen molar-refractivity contribution in [3.05, 3.63) is 35.0 Å². The Kier molecular flexibility index (Phi) is 8.71. The quantitative estimate of drug-likeness (QED) is 0.784. The van der Waals surface area contributed by atoms with E-state index in [0.717, 1.165) is 6.42 Å². The molecule has 0 fully saturated rings. The molecule has 0 aliphatic carbocycles. The number of hydrogen-bond donors (Lipinski definition) is 1. The monoisotopic (exact) mass is 288 g/mol. The minimum atomic E-state index is 0. The van der Waals surface area contributed by atoms with Crippen molar-refractivity contribution in [2.24, 2.45) is 5.73 Å². The summed E-state index contributed by atoms with van der Waals surface area (Å²) in [5.74, 6) is 0.149. The summed E-state index contributed by atoms with van der Waals surface area (Å²) >= 11 is 1.67. The number of nitrogens with zero attached hydrogens (tertiary/aromatic N) is 1. The highest BCUT2D eigenvalue weighted by molar-refractivity contribution is 7.09. The van der Waals surface area contributed by atoms with Crippen molar-refractivity contribution in [3.63, 3.8) is 0 Å². The lowest BCUT2D eigenvalue weighted by Crippen LogP contribution is -2.31. The molecular formula is C13H21ClN2OS. The van der Waals surface area contributed by atoms with Gasteiger partial charge in [-0.2, -0.15) is 0 Å². The van der Waals surface area contributed by atoms with E-state index in [4.69, 9.17) is 5.73 Å². The van der Waals surface area contributed by atoms with Gasteiger partial charge in [0.05, 0.1) is 6.54 Å². The molecule has 1 aromatic rings. The lowest BCUT2D eigenvalue weighted by atomic mass is 10.2. The van der Waals surface area contributed by atoms with E-state index < -0.39 is 0 Å². The summed E-state index contributed by atoms with van der Waals surface area (Å²) in [6.07, 6.45) is 3.01. The van der Waals surface area contributed by atoms with E-state index >= 15 is 0 Å². The van der Waals surface area contributed by atoms with Crippen molar-refractivity contribution in [3.8, 4) is 0 Å². The fourth-order valence-corrected chi connectivity index (χ4v) is 2.23. The number of hydrogen-bond acceptors (Lipinski definition) is 3. The van der Waals surface area contributed by atoms with Crippen molar-refractivity contribution in [2.45, 2.75) is 32.4 Å². The van der Waals surface area contributed by atoms with Crippen LogP contribution in [-0.2, 0) is 11.3 Å². The summed E-state index contributed by atoms with van der Waals surface area (Å²) < 4.78 is 0. The van der Waals surface area contributed by atoms with Crippen LogP contribution in [0.3, 0.4) is 0 Å². The van der Waals surface area contributed by atoms with Crippen LogP contribution in [0.25, 0.3) is 0 Å². The largest absolute Gasteiger partial charge is 0.334 e. The van der Waals surface area contributed by atoms with Crippen LogP contribution >= 0.6 is 23.7 Å². The van der Waals surface area contributed by atoms with Crippen LogP contribution in [0.5, 0.6) is 0 Å². The molecule has 0 bridgehead atoms. The van der Waals surface area contributed by atoms with Gasteiger partial charge in [0.2, 0.25) is 5.91 Å². The van der Waals surface area contributed by atoms with E-state index in [1.54, 1.807) is 17.4 Å². The third kappa shape index (κ3) is 6.19. The second-order valence-electron chi connectivity index (χ2n) is 4.16. The zero-order chi connectivity index (χ0) is 12.7. The number of nitrogens with two attached hydrogens (primary N) is 1. The van der Waals surface area contributed by atoms with Gasteiger partial charge in [0, 0.05) is 23.9 Å². The average Bonchev–Trinajstić information content (AvgIpc) is 2.78. The van der Waals surface area contributed by atoms with Crippen LogP contribution in [0.15, 0.2) is 30.2 Å². The molecule has 0 spiro atoms. The minimum Gasteiger partial charge on any atom is -0.334 e. The predicted octanol–water partition coefficient (Wildman–Crippen LogP) is 2.81. The molecule has 1 unspecified atom stereocenters. The van der Waals surface area contributed by atoms with E-state index in [0.29, 0.717) is 19.5 Å². The topological polar surface area (TPSA) is 46.3 Å². The zero-order valence-corrected chi connectivity index (χ0v) is 12.3. The molecule has 0 aliphatic heterocycles. The molecule has 102 valence electrons. The van der Waals surface area contributed by atoms with Crippen LogP contribution in [-0.4, -0.2) is 23.4 Å². The summed E-state index contributed by atoms with van der Waals surface area (Å²) in [6.45, 7) is 6.87. The maximum absolute atomic E-state index is 12.0. The van der Waals surface area contributed by atoms with Crippen LogP contribution in [0.2, 0.25) is 0 Å². The standard InChI is InChI=1S/C13H20N2OS.ClH/c1-3-8-15(10-12-5-4-9-17-12)13(16)7-6-11(2)14;/h3-5,9,11H,1,6-8,10,14H2,2H3;1H. The Hall–Kier alpha value is -0.840. The summed E-state index contributed by atoms with van der Waals surface area (Å²) in [7, 11) is 0. The highest BCUT2D eigenvalue weighted by atomic mass is 35.5. The van der Waals surface area contributed by atoms with Gasteiger partial charge in [0.1, 0.15) is 0 Å². The van der Waals surface area contributed by atoms with Gasteiger partial charge in [0.15, 0.2) is 0 Å². The maximum atomic E-state index is 12.0. The molecule has 3 nitrogen and oxygen atoms in total. The normalized spacial score (nSPS) is 11.4. The first-order valence-electron chi connectivity index (χ1n) is 5.80. The highest BCUT2D eigenvalue weighted by Crippen LogP contribution is 2.13.